The first-order chi connectivity index (χ1) is 12.2. The van der Waals surface area contributed by atoms with E-state index >= 15 is 0 Å². The van der Waals surface area contributed by atoms with E-state index in [-0.39, 0.29) is 0 Å². The molecule has 0 amide bonds. The van der Waals surface area contributed by atoms with Crippen LogP contribution in [0.5, 0.6) is 0 Å². The third-order valence-corrected chi connectivity index (χ3v) is 5.94. The summed E-state index contributed by atoms with van der Waals surface area (Å²) >= 11 is 1.63. The second kappa shape index (κ2) is 5.71. The summed E-state index contributed by atoms with van der Waals surface area (Å²) in [6.07, 6.45) is 4.33. The van der Waals surface area contributed by atoms with E-state index in [2.05, 4.69) is 32.2 Å². The van der Waals surface area contributed by atoms with Crippen molar-refractivity contribution in [3.8, 4) is 10.6 Å². The number of benzene rings is 1. The Morgan fingerprint density at radius 2 is 2.04 bits per heavy atom. The molecule has 0 saturated carbocycles. The summed E-state index contributed by atoms with van der Waals surface area (Å²) in [6, 6.07) is 6.09. The fourth-order valence-electron chi connectivity index (χ4n) is 3.87. The summed E-state index contributed by atoms with van der Waals surface area (Å²) in [4.78, 5) is 13.7. The fraction of sp³-hybridized carbons (Fsp3) is 0.444. The average molecular weight is 355 g/mol. The summed E-state index contributed by atoms with van der Waals surface area (Å²) in [7, 11) is 4.09. The van der Waals surface area contributed by atoms with E-state index in [9.17, 15) is 0 Å². The summed E-state index contributed by atoms with van der Waals surface area (Å²) in [6.45, 7) is 1.94. The number of aromatic nitrogens is 2. The van der Waals surface area contributed by atoms with Crippen LogP contribution in [0.1, 0.15) is 12.8 Å². The normalized spacial score (nSPS) is 22.7. The first-order valence-electron chi connectivity index (χ1n) is 8.70. The third kappa shape index (κ3) is 2.58. The van der Waals surface area contributed by atoms with Gasteiger partial charge in [0.15, 0.2) is 5.58 Å². The van der Waals surface area contributed by atoms with Gasteiger partial charge in [-0.2, -0.15) is 4.98 Å². The summed E-state index contributed by atoms with van der Waals surface area (Å²) in [5, 5.41) is 6.62. The monoisotopic (exact) mass is 355 g/mol. The molecule has 5 rings (SSSR count). The van der Waals surface area contributed by atoms with E-state index in [0.29, 0.717) is 12.1 Å². The molecule has 7 heteroatoms. The number of anilines is 2. The Morgan fingerprint density at radius 1 is 1.24 bits per heavy atom. The highest BCUT2D eigenvalue weighted by atomic mass is 32.1. The van der Waals surface area contributed by atoms with Crippen molar-refractivity contribution >= 4 is 34.1 Å². The van der Waals surface area contributed by atoms with Crippen LogP contribution in [0.3, 0.4) is 0 Å². The molecule has 0 radical (unpaired) electrons. The van der Waals surface area contributed by atoms with Crippen LogP contribution in [0.4, 0.5) is 11.7 Å². The van der Waals surface area contributed by atoms with Crippen molar-refractivity contribution in [1.82, 2.24) is 15.3 Å². The van der Waals surface area contributed by atoms with Gasteiger partial charge in [-0.25, -0.2) is 4.98 Å². The molecule has 3 aromatic rings. The number of nitrogens with one attached hydrogen (secondary N) is 1. The molecule has 2 atom stereocenters. The molecule has 2 aromatic heterocycles. The standard InChI is InChI=1S/C18H21N5OS/c1-22(2)13-7-14(17-19-5-6-25-17)16-15(8-13)21-18(24-16)23-9-11-3-4-12(10-23)20-11/h5-8,11-12,20H,3-4,9-10H2,1-2H3. The number of hydrogen-bond donors (Lipinski definition) is 1. The maximum absolute atomic E-state index is 6.26. The second-order valence-electron chi connectivity index (χ2n) is 7.11. The summed E-state index contributed by atoms with van der Waals surface area (Å²) < 4.78 is 6.26. The van der Waals surface area contributed by atoms with Gasteiger partial charge in [0.1, 0.15) is 10.5 Å². The number of hydrogen-bond acceptors (Lipinski definition) is 7. The van der Waals surface area contributed by atoms with Gasteiger partial charge in [0.25, 0.3) is 6.01 Å². The Labute approximate surface area is 150 Å². The molecule has 2 aliphatic heterocycles. The lowest BCUT2D eigenvalue weighted by atomic mass is 10.1. The quantitative estimate of drug-likeness (QED) is 0.779. The van der Waals surface area contributed by atoms with Gasteiger partial charge < -0.3 is 19.5 Å². The van der Waals surface area contributed by atoms with Gasteiger partial charge >= 0.3 is 0 Å². The molecule has 2 saturated heterocycles. The van der Waals surface area contributed by atoms with Crippen molar-refractivity contribution in [2.75, 3.05) is 37.0 Å². The predicted octanol–water partition coefficient (Wildman–Crippen LogP) is 2.96. The molecule has 6 nitrogen and oxygen atoms in total. The maximum atomic E-state index is 6.26. The first-order valence-corrected chi connectivity index (χ1v) is 9.58. The molecule has 1 N–H and O–H groups in total. The minimum atomic E-state index is 0.560. The molecular weight excluding hydrogens is 334 g/mol. The van der Waals surface area contributed by atoms with Crippen LogP contribution in [0.15, 0.2) is 28.1 Å². The Kier molecular flexibility index (Phi) is 3.46. The average Bonchev–Trinajstić information content (AvgIpc) is 3.33. The van der Waals surface area contributed by atoms with Gasteiger partial charge in [-0.15, -0.1) is 11.3 Å². The van der Waals surface area contributed by atoms with E-state index < -0.39 is 0 Å². The molecule has 2 fully saturated rings. The van der Waals surface area contributed by atoms with Crippen molar-refractivity contribution in [1.29, 1.82) is 0 Å². The maximum Gasteiger partial charge on any atom is 0.298 e. The van der Waals surface area contributed by atoms with E-state index in [1.54, 1.807) is 11.3 Å². The predicted molar refractivity (Wildman–Crippen MR) is 102 cm³/mol. The highest BCUT2D eigenvalue weighted by Gasteiger charge is 2.34. The van der Waals surface area contributed by atoms with Crippen molar-refractivity contribution in [3.63, 3.8) is 0 Å². The molecule has 2 bridgehead atoms. The molecule has 1 aromatic carbocycles. The van der Waals surface area contributed by atoms with Crippen LogP contribution in [0.2, 0.25) is 0 Å². The van der Waals surface area contributed by atoms with Gasteiger partial charge in [-0.1, -0.05) is 0 Å². The Bertz CT molecular complexity index is 892. The minimum Gasteiger partial charge on any atom is -0.423 e. The Balaban J connectivity index is 1.62. The fourth-order valence-corrected chi connectivity index (χ4v) is 4.52. The molecular formula is C18H21N5OS. The SMILES string of the molecule is CN(C)c1cc(-c2nccs2)c2oc(N3CC4CCC(C3)N4)nc2c1. The van der Waals surface area contributed by atoms with Crippen LogP contribution < -0.4 is 15.1 Å². The number of oxazole rings is 1. The van der Waals surface area contributed by atoms with E-state index in [1.807, 2.05) is 25.7 Å². The smallest absolute Gasteiger partial charge is 0.298 e. The molecule has 2 aliphatic rings. The van der Waals surface area contributed by atoms with Crippen molar-refractivity contribution < 1.29 is 4.42 Å². The Morgan fingerprint density at radius 3 is 2.72 bits per heavy atom. The van der Waals surface area contributed by atoms with Crippen molar-refractivity contribution in [3.05, 3.63) is 23.7 Å². The summed E-state index contributed by atoms with van der Waals surface area (Å²) in [5.74, 6) is 0. The lowest BCUT2D eigenvalue weighted by molar-refractivity contribution is 0.437. The number of rotatable bonds is 3. The zero-order valence-electron chi connectivity index (χ0n) is 14.4. The largest absolute Gasteiger partial charge is 0.423 e. The lowest BCUT2D eigenvalue weighted by Crippen LogP contribution is -2.51. The number of piperazine rings is 1. The van der Waals surface area contributed by atoms with Crippen LogP contribution in [-0.4, -0.2) is 49.2 Å². The topological polar surface area (TPSA) is 57.4 Å². The van der Waals surface area contributed by atoms with Crippen LogP contribution in [-0.2, 0) is 0 Å². The van der Waals surface area contributed by atoms with Gasteiger partial charge in [0, 0.05) is 56.5 Å². The van der Waals surface area contributed by atoms with Crippen LogP contribution in [0.25, 0.3) is 21.7 Å². The minimum absolute atomic E-state index is 0.560. The molecule has 2 unspecified atom stereocenters. The molecule has 0 aliphatic carbocycles. The van der Waals surface area contributed by atoms with Crippen molar-refractivity contribution in [2.45, 2.75) is 24.9 Å². The first kappa shape index (κ1) is 15.2. The molecule has 4 heterocycles. The third-order valence-electron chi connectivity index (χ3n) is 5.13. The number of nitrogens with zero attached hydrogens (tertiary/aromatic N) is 4. The van der Waals surface area contributed by atoms with Gasteiger partial charge in [-0.05, 0) is 25.0 Å². The second-order valence-corrected chi connectivity index (χ2v) is 8.01. The van der Waals surface area contributed by atoms with Gasteiger partial charge in [0.2, 0.25) is 0 Å². The Hall–Kier alpha value is -2.12. The van der Waals surface area contributed by atoms with Crippen molar-refractivity contribution in [2.24, 2.45) is 0 Å². The van der Waals surface area contributed by atoms with E-state index in [0.717, 1.165) is 46.5 Å². The van der Waals surface area contributed by atoms with E-state index in [4.69, 9.17) is 9.40 Å². The summed E-state index contributed by atoms with van der Waals surface area (Å²) in [5.41, 5.74) is 3.87. The highest BCUT2D eigenvalue weighted by Crippen LogP contribution is 2.37. The molecule has 130 valence electrons. The van der Waals surface area contributed by atoms with Crippen LogP contribution >= 0.6 is 11.3 Å². The van der Waals surface area contributed by atoms with Gasteiger partial charge in [0.05, 0.1) is 5.56 Å². The zero-order chi connectivity index (χ0) is 17.0. The highest BCUT2D eigenvalue weighted by molar-refractivity contribution is 7.13. The zero-order valence-corrected chi connectivity index (χ0v) is 15.2. The molecule has 0 spiro atoms. The van der Waals surface area contributed by atoms with Crippen LogP contribution in [0, 0.1) is 0 Å². The van der Waals surface area contributed by atoms with Gasteiger partial charge in [-0.3, -0.25) is 0 Å². The van der Waals surface area contributed by atoms with E-state index in [1.165, 1.54) is 12.8 Å². The lowest BCUT2D eigenvalue weighted by Gasteiger charge is -2.31. The molecule has 25 heavy (non-hydrogen) atoms. The number of fused-ring (bicyclic) bond motifs is 3. The number of thiazole rings is 1.